The van der Waals surface area contributed by atoms with Gasteiger partial charge in [-0.05, 0) is 116 Å². The molecule has 2 unspecified atom stereocenters. The number of fused-ring (bicyclic) bond motifs is 3. The highest BCUT2D eigenvalue weighted by Crippen LogP contribution is 2.38. The highest BCUT2D eigenvalue weighted by molar-refractivity contribution is 9.10. The van der Waals surface area contributed by atoms with Gasteiger partial charge in [-0.25, -0.2) is 0 Å². The number of rotatable bonds is 21. The number of anilines is 3. The number of nitrogens with zero attached hydrogens (tertiary/aromatic N) is 3. The molecule has 6 aromatic carbocycles. The zero-order valence-corrected chi connectivity index (χ0v) is 44.6. The maximum Gasteiger partial charge on any atom is 0.251 e. The van der Waals surface area contributed by atoms with Crippen LogP contribution in [0.4, 0.5) is 17.1 Å². The van der Waals surface area contributed by atoms with E-state index in [4.69, 9.17) is 9.47 Å². The zero-order valence-electron chi connectivity index (χ0n) is 41.4. The Kier molecular flexibility index (Phi) is 18.6. The van der Waals surface area contributed by atoms with Gasteiger partial charge in [-0.2, -0.15) is 0 Å². The normalized spacial score (nSPS) is 14.2. The van der Waals surface area contributed by atoms with Gasteiger partial charge >= 0.3 is 0 Å². The van der Waals surface area contributed by atoms with Crippen molar-refractivity contribution in [3.8, 4) is 11.5 Å². The lowest BCUT2D eigenvalue weighted by Gasteiger charge is -2.28. The molecule has 382 valence electrons. The first-order chi connectivity index (χ1) is 35.2. The smallest absolute Gasteiger partial charge is 0.251 e. The molecule has 3 atom stereocenters. The first-order valence-electron chi connectivity index (χ1n) is 24.0. The average molecular weight is 1120 g/mol. The number of amides is 6. The topological polar surface area (TPSA) is 191 Å². The van der Waals surface area contributed by atoms with Crippen molar-refractivity contribution in [3.05, 3.63) is 135 Å². The number of halogens is 2. The van der Waals surface area contributed by atoms with Gasteiger partial charge in [0.2, 0.25) is 29.5 Å². The number of benzene rings is 6. The molecule has 73 heavy (non-hydrogen) atoms. The Bertz CT molecular complexity index is 3000. The van der Waals surface area contributed by atoms with Crippen LogP contribution in [-0.2, 0) is 41.9 Å². The van der Waals surface area contributed by atoms with Crippen molar-refractivity contribution in [2.75, 3.05) is 62.6 Å². The fourth-order valence-electron chi connectivity index (χ4n) is 8.96. The standard InChI is InChI=1S/C55H60Br2N8O8/c1-34(59-3)53(69)62-45-33-64(46-15-9-10-16-47(46)65(55(45)71)31-43-41-24-22-38(57)28-36(41)20-26-49(43)73-5)52(68)18-12-11-17-51(67)63(39-13-7-6-8-14-39)32-44(61-50(66)30-58-2)54(70)60-29-42-40-23-21-37(56)27-35(40)19-25-48(42)72-4/h6-10,13-16,19-28,34,44-45,58-59H,11-12,17-18,29-33H2,1-5H3,(H,60,70)(H,61,66)(H,62,69)/t34-,44?,45?/m0/s1. The number of ether oxygens (including phenoxy) is 2. The third kappa shape index (κ3) is 13.0. The Morgan fingerprint density at radius 2 is 1.34 bits per heavy atom. The lowest BCUT2D eigenvalue weighted by atomic mass is 10.0. The number of likely N-dealkylation sites (N-methyl/N-ethyl adjacent to an activating group) is 2. The number of para-hydroxylation sites is 3. The molecule has 18 heteroatoms. The second kappa shape index (κ2) is 25.2. The van der Waals surface area contributed by atoms with E-state index in [0.29, 0.717) is 41.4 Å². The Morgan fingerprint density at radius 3 is 1.97 bits per heavy atom. The largest absolute Gasteiger partial charge is 0.496 e. The quantitative estimate of drug-likeness (QED) is 0.0464. The van der Waals surface area contributed by atoms with E-state index in [1.807, 2.05) is 66.7 Å². The molecular formula is C55H60Br2N8O8. The summed E-state index contributed by atoms with van der Waals surface area (Å²) in [4.78, 5) is 89.0. The molecular weight excluding hydrogens is 1060 g/mol. The average Bonchev–Trinajstić information content (AvgIpc) is 3.50. The highest BCUT2D eigenvalue weighted by atomic mass is 79.9. The van der Waals surface area contributed by atoms with E-state index >= 15 is 0 Å². The van der Waals surface area contributed by atoms with Gasteiger partial charge in [0.05, 0.1) is 57.8 Å². The summed E-state index contributed by atoms with van der Waals surface area (Å²) >= 11 is 7.09. The molecule has 0 bridgehead atoms. The van der Waals surface area contributed by atoms with Gasteiger partial charge in [-0.15, -0.1) is 0 Å². The van der Waals surface area contributed by atoms with Gasteiger partial charge in [0, 0.05) is 45.1 Å². The van der Waals surface area contributed by atoms with Crippen LogP contribution in [0.2, 0.25) is 0 Å². The van der Waals surface area contributed by atoms with Gasteiger partial charge < -0.3 is 50.8 Å². The molecule has 0 saturated carbocycles. The summed E-state index contributed by atoms with van der Waals surface area (Å²) in [6.45, 7) is 1.47. The molecule has 1 aliphatic rings. The summed E-state index contributed by atoms with van der Waals surface area (Å²) in [7, 11) is 6.41. The summed E-state index contributed by atoms with van der Waals surface area (Å²) in [6, 6.07) is 32.4. The SMILES string of the molecule is CNCC(=O)NC(CN(C(=O)CCCCC(=O)N1CC(NC(=O)[C@H](C)NC)C(=O)N(Cc2c(OC)ccc3cc(Br)ccc23)c2ccccc21)c1ccccc1)C(=O)NCc1c(OC)ccc2cc(Br)ccc12. The van der Waals surface area contributed by atoms with Crippen molar-refractivity contribution in [1.82, 2.24) is 26.6 Å². The molecule has 1 heterocycles. The highest BCUT2D eigenvalue weighted by Gasteiger charge is 2.38. The molecule has 0 fully saturated rings. The number of carbonyl (C=O) groups is 6. The molecule has 0 radical (unpaired) electrons. The Balaban J connectivity index is 1.10. The van der Waals surface area contributed by atoms with E-state index < -0.39 is 41.8 Å². The lowest BCUT2D eigenvalue weighted by molar-refractivity contribution is -0.128. The molecule has 7 rings (SSSR count). The number of hydrogen-bond donors (Lipinski definition) is 5. The van der Waals surface area contributed by atoms with Crippen molar-refractivity contribution in [2.24, 2.45) is 0 Å². The van der Waals surface area contributed by atoms with Crippen molar-refractivity contribution >= 4 is 106 Å². The minimum absolute atomic E-state index is 0.0105. The maximum atomic E-state index is 14.8. The molecule has 0 aliphatic carbocycles. The second-order valence-electron chi connectivity index (χ2n) is 17.6. The van der Waals surface area contributed by atoms with Crippen LogP contribution in [0.5, 0.6) is 11.5 Å². The van der Waals surface area contributed by atoms with E-state index in [1.54, 1.807) is 93.6 Å². The molecule has 0 saturated heterocycles. The van der Waals surface area contributed by atoms with Gasteiger partial charge in [0.15, 0.2) is 0 Å². The van der Waals surface area contributed by atoms with Crippen LogP contribution in [0.3, 0.4) is 0 Å². The number of nitrogens with one attached hydrogen (secondary N) is 5. The predicted molar refractivity (Wildman–Crippen MR) is 292 cm³/mol. The van der Waals surface area contributed by atoms with Crippen molar-refractivity contribution < 1.29 is 38.2 Å². The number of methoxy groups -OCH3 is 2. The monoisotopic (exact) mass is 1120 g/mol. The van der Waals surface area contributed by atoms with Crippen LogP contribution in [0.15, 0.2) is 124 Å². The summed E-state index contributed by atoms with van der Waals surface area (Å²) < 4.78 is 13.3. The third-order valence-corrected chi connectivity index (χ3v) is 13.9. The first kappa shape index (κ1) is 53.9. The molecule has 1 aliphatic heterocycles. The molecule has 6 aromatic rings. The van der Waals surface area contributed by atoms with Crippen LogP contribution in [-0.4, -0.2) is 102 Å². The van der Waals surface area contributed by atoms with E-state index in [2.05, 4.69) is 58.4 Å². The number of unbranched alkanes of at least 4 members (excludes halogenated alkanes) is 1. The van der Waals surface area contributed by atoms with Crippen molar-refractivity contribution in [1.29, 1.82) is 0 Å². The molecule has 16 nitrogen and oxygen atoms in total. The van der Waals surface area contributed by atoms with Crippen LogP contribution in [0.1, 0.15) is 43.7 Å². The molecule has 5 N–H and O–H groups in total. The van der Waals surface area contributed by atoms with E-state index in [-0.39, 0.29) is 57.4 Å². The van der Waals surface area contributed by atoms with Crippen LogP contribution < -0.4 is 50.8 Å². The first-order valence-corrected chi connectivity index (χ1v) is 25.6. The fourth-order valence-corrected chi connectivity index (χ4v) is 9.72. The van der Waals surface area contributed by atoms with Gasteiger partial charge in [-0.3, -0.25) is 28.8 Å². The Morgan fingerprint density at radius 1 is 0.740 bits per heavy atom. The van der Waals surface area contributed by atoms with Crippen LogP contribution >= 0.6 is 31.9 Å². The van der Waals surface area contributed by atoms with Crippen LogP contribution in [0.25, 0.3) is 21.5 Å². The molecule has 0 aromatic heterocycles. The van der Waals surface area contributed by atoms with Crippen LogP contribution in [0, 0.1) is 0 Å². The zero-order chi connectivity index (χ0) is 52.2. The second-order valence-corrected chi connectivity index (χ2v) is 19.5. The summed E-state index contributed by atoms with van der Waals surface area (Å²) in [6.07, 6.45) is 0.620. The predicted octanol–water partition coefficient (Wildman–Crippen LogP) is 7.12. The van der Waals surface area contributed by atoms with Crippen molar-refractivity contribution in [2.45, 2.75) is 63.8 Å². The Hall–Kier alpha value is -6.86. The molecule has 0 spiro atoms. The minimum Gasteiger partial charge on any atom is -0.496 e. The Labute approximate surface area is 441 Å². The summed E-state index contributed by atoms with van der Waals surface area (Å²) in [5, 5.41) is 18.1. The van der Waals surface area contributed by atoms with E-state index in [9.17, 15) is 28.8 Å². The van der Waals surface area contributed by atoms with E-state index in [0.717, 1.165) is 41.6 Å². The summed E-state index contributed by atoms with van der Waals surface area (Å²) in [5.41, 5.74) is 2.99. The molecule has 6 amide bonds. The maximum absolute atomic E-state index is 14.8. The van der Waals surface area contributed by atoms with Crippen molar-refractivity contribution in [3.63, 3.8) is 0 Å². The number of carbonyl (C=O) groups excluding carboxylic acids is 6. The minimum atomic E-state index is -1.15. The van der Waals surface area contributed by atoms with Gasteiger partial charge in [0.1, 0.15) is 23.6 Å². The van der Waals surface area contributed by atoms with Gasteiger partial charge in [0.25, 0.3) is 5.91 Å². The summed E-state index contributed by atoms with van der Waals surface area (Å²) in [5.74, 6) is -1.22. The van der Waals surface area contributed by atoms with E-state index in [1.165, 1.54) is 4.90 Å². The van der Waals surface area contributed by atoms with Gasteiger partial charge in [-0.1, -0.05) is 86.5 Å². The fraction of sp³-hybridized carbons (Fsp3) is 0.309. The lowest BCUT2D eigenvalue weighted by Crippen LogP contribution is -2.55. The third-order valence-electron chi connectivity index (χ3n) is 12.9. The number of hydrogen-bond acceptors (Lipinski definition) is 10.